The number of hydrogen-bond acceptors (Lipinski definition) is 1. The van der Waals surface area contributed by atoms with Crippen molar-refractivity contribution in [3.05, 3.63) is 40.4 Å². The number of allylic oxidation sites excluding steroid dienone is 1. The number of carboxylic acid groups (broad SMARTS) is 1. The number of aromatic carboxylic acids is 1. The van der Waals surface area contributed by atoms with E-state index in [1.807, 2.05) is 6.92 Å². The molecule has 0 fully saturated rings. The summed E-state index contributed by atoms with van der Waals surface area (Å²) in [5, 5.41) is 9.12. The number of rotatable bonds is 2. The van der Waals surface area contributed by atoms with Crippen molar-refractivity contribution in [3.63, 3.8) is 0 Å². The Kier molecular flexibility index (Phi) is 3.09. The standard InChI is InChI=1S/C10H9ClO2/c1-2-4-7-5-3-6-8(11)9(7)10(12)13/h2-6H,1H3,(H,12,13)/b4-2+. The van der Waals surface area contributed by atoms with E-state index in [4.69, 9.17) is 16.7 Å². The summed E-state index contributed by atoms with van der Waals surface area (Å²) in [6, 6.07) is 5.01. The first-order chi connectivity index (χ1) is 6.16. The van der Waals surface area contributed by atoms with Crippen molar-refractivity contribution < 1.29 is 9.90 Å². The van der Waals surface area contributed by atoms with Crippen LogP contribution in [0.1, 0.15) is 22.8 Å². The first-order valence-electron chi connectivity index (χ1n) is 3.81. The number of benzene rings is 1. The van der Waals surface area contributed by atoms with Crippen molar-refractivity contribution in [2.75, 3.05) is 0 Å². The lowest BCUT2D eigenvalue weighted by Crippen LogP contribution is -2.00. The second-order valence-corrected chi connectivity index (χ2v) is 2.92. The van der Waals surface area contributed by atoms with Gasteiger partial charge in [0.2, 0.25) is 0 Å². The van der Waals surface area contributed by atoms with Gasteiger partial charge >= 0.3 is 5.97 Å². The third kappa shape index (κ3) is 2.10. The van der Waals surface area contributed by atoms with Crippen LogP contribution < -0.4 is 0 Å². The number of hydrogen-bond donors (Lipinski definition) is 1. The molecular formula is C10H9ClO2. The Morgan fingerprint density at radius 1 is 1.54 bits per heavy atom. The van der Waals surface area contributed by atoms with Crippen molar-refractivity contribution in [2.24, 2.45) is 0 Å². The maximum atomic E-state index is 10.8. The molecule has 0 saturated carbocycles. The lowest BCUT2D eigenvalue weighted by Gasteiger charge is -2.02. The van der Waals surface area contributed by atoms with Gasteiger partial charge in [0.25, 0.3) is 0 Å². The zero-order valence-electron chi connectivity index (χ0n) is 7.12. The van der Waals surface area contributed by atoms with Gasteiger partial charge in [0.15, 0.2) is 0 Å². The Morgan fingerprint density at radius 3 is 2.77 bits per heavy atom. The zero-order valence-corrected chi connectivity index (χ0v) is 7.88. The van der Waals surface area contributed by atoms with E-state index >= 15 is 0 Å². The molecule has 0 heterocycles. The molecule has 0 aliphatic rings. The highest BCUT2D eigenvalue weighted by atomic mass is 35.5. The minimum Gasteiger partial charge on any atom is -0.478 e. The minimum absolute atomic E-state index is 0.155. The molecular weight excluding hydrogens is 188 g/mol. The lowest BCUT2D eigenvalue weighted by atomic mass is 10.1. The molecule has 13 heavy (non-hydrogen) atoms. The molecule has 3 heteroatoms. The van der Waals surface area contributed by atoms with E-state index in [0.717, 1.165) is 0 Å². The van der Waals surface area contributed by atoms with Crippen LogP contribution in [0.5, 0.6) is 0 Å². The fourth-order valence-corrected chi connectivity index (χ4v) is 1.35. The molecule has 68 valence electrons. The van der Waals surface area contributed by atoms with Gasteiger partial charge in [-0.2, -0.15) is 0 Å². The largest absolute Gasteiger partial charge is 0.478 e. The van der Waals surface area contributed by atoms with Gasteiger partial charge in [0, 0.05) is 0 Å². The average molecular weight is 197 g/mol. The fourth-order valence-electron chi connectivity index (χ4n) is 1.08. The third-order valence-corrected chi connectivity index (χ3v) is 1.92. The molecule has 0 unspecified atom stereocenters. The molecule has 1 N–H and O–H groups in total. The molecule has 1 aromatic carbocycles. The van der Waals surface area contributed by atoms with Gasteiger partial charge in [-0.3, -0.25) is 0 Å². The zero-order chi connectivity index (χ0) is 9.84. The van der Waals surface area contributed by atoms with Gasteiger partial charge in [0.1, 0.15) is 0 Å². The third-order valence-electron chi connectivity index (χ3n) is 1.61. The van der Waals surface area contributed by atoms with Crippen molar-refractivity contribution in [2.45, 2.75) is 6.92 Å². The normalized spacial score (nSPS) is 10.6. The summed E-state index contributed by atoms with van der Waals surface area (Å²) < 4.78 is 0. The second-order valence-electron chi connectivity index (χ2n) is 2.51. The highest BCUT2D eigenvalue weighted by Crippen LogP contribution is 2.20. The van der Waals surface area contributed by atoms with Crippen LogP contribution in [-0.2, 0) is 0 Å². The molecule has 1 rings (SSSR count). The van der Waals surface area contributed by atoms with E-state index < -0.39 is 5.97 Å². The molecule has 0 aromatic heterocycles. The molecule has 0 radical (unpaired) electrons. The summed E-state index contributed by atoms with van der Waals surface area (Å²) in [4.78, 5) is 10.8. The first-order valence-corrected chi connectivity index (χ1v) is 4.19. The Morgan fingerprint density at radius 2 is 2.23 bits per heavy atom. The van der Waals surface area contributed by atoms with Gasteiger partial charge in [-0.25, -0.2) is 4.79 Å². The van der Waals surface area contributed by atoms with Crippen LogP contribution in [-0.4, -0.2) is 11.1 Å². The second kappa shape index (κ2) is 4.10. The van der Waals surface area contributed by atoms with E-state index in [9.17, 15) is 4.79 Å². The van der Waals surface area contributed by atoms with Crippen molar-refractivity contribution in [1.29, 1.82) is 0 Å². The van der Waals surface area contributed by atoms with Crippen LogP contribution in [0.2, 0.25) is 5.02 Å². The Balaban J connectivity index is 3.34. The Labute approximate surface area is 81.5 Å². The average Bonchev–Trinajstić information content (AvgIpc) is 2.04. The Hall–Kier alpha value is -1.28. The quantitative estimate of drug-likeness (QED) is 0.790. The van der Waals surface area contributed by atoms with E-state index in [2.05, 4.69) is 0 Å². The van der Waals surface area contributed by atoms with Gasteiger partial charge in [0.05, 0.1) is 10.6 Å². The van der Waals surface area contributed by atoms with Crippen molar-refractivity contribution in [3.8, 4) is 0 Å². The van der Waals surface area contributed by atoms with Gasteiger partial charge in [-0.05, 0) is 18.6 Å². The summed E-state index contributed by atoms with van der Waals surface area (Å²) in [5.41, 5.74) is 0.782. The molecule has 0 bridgehead atoms. The molecule has 0 aliphatic heterocycles. The summed E-state index contributed by atoms with van der Waals surface area (Å²) in [5.74, 6) is -1.00. The molecule has 0 atom stereocenters. The van der Waals surface area contributed by atoms with E-state index in [0.29, 0.717) is 5.56 Å². The van der Waals surface area contributed by atoms with Gasteiger partial charge in [-0.15, -0.1) is 0 Å². The van der Waals surface area contributed by atoms with Crippen LogP contribution in [0.25, 0.3) is 6.08 Å². The summed E-state index contributed by atoms with van der Waals surface area (Å²) in [7, 11) is 0. The molecule has 2 nitrogen and oxygen atoms in total. The maximum Gasteiger partial charge on any atom is 0.337 e. The molecule has 0 spiro atoms. The fraction of sp³-hybridized carbons (Fsp3) is 0.100. The predicted octanol–water partition coefficient (Wildman–Crippen LogP) is 3.07. The lowest BCUT2D eigenvalue weighted by molar-refractivity contribution is 0.0697. The minimum atomic E-state index is -1.00. The van der Waals surface area contributed by atoms with E-state index in [-0.39, 0.29) is 10.6 Å². The predicted molar refractivity (Wildman–Crippen MR) is 53.1 cm³/mol. The summed E-state index contributed by atoms with van der Waals surface area (Å²) in [6.45, 7) is 1.83. The SMILES string of the molecule is C/C=C/c1cccc(Cl)c1C(=O)O. The van der Waals surface area contributed by atoms with Gasteiger partial charge < -0.3 is 5.11 Å². The monoisotopic (exact) mass is 196 g/mol. The smallest absolute Gasteiger partial charge is 0.337 e. The maximum absolute atomic E-state index is 10.8. The first kappa shape index (κ1) is 9.81. The van der Waals surface area contributed by atoms with Crippen molar-refractivity contribution in [1.82, 2.24) is 0 Å². The van der Waals surface area contributed by atoms with Crippen LogP contribution in [0.15, 0.2) is 24.3 Å². The van der Waals surface area contributed by atoms with E-state index in [1.165, 1.54) is 0 Å². The van der Waals surface area contributed by atoms with Crippen molar-refractivity contribution >= 4 is 23.6 Å². The van der Waals surface area contributed by atoms with Crippen LogP contribution in [0, 0.1) is 0 Å². The molecule has 0 saturated heterocycles. The summed E-state index contributed by atoms with van der Waals surface area (Å²) in [6.07, 6.45) is 3.49. The van der Waals surface area contributed by atoms with Crippen LogP contribution >= 0.6 is 11.6 Å². The number of halogens is 1. The van der Waals surface area contributed by atoms with Crippen LogP contribution in [0.3, 0.4) is 0 Å². The number of carboxylic acids is 1. The molecule has 1 aromatic rings. The number of carbonyl (C=O) groups is 1. The van der Waals surface area contributed by atoms with E-state index in [1.54, 1.807) is 30.4 Å². The Bertz CT molecular complexity index is 356. The van der Waals surface area contributed by atoms with Gasteiger partial charge in [-0.1, -0.05) is 35.9 Å². The van der Waals surface area contributed by atoms with Crippen LogP contribution in [0.4, 0.5) is 0 Å². The molecule has 0 amide bonds. The molecule has 0 aliphatic carbocycles. The highest BCUT2D eigenvalue weighted by Gasteiger charge is 2.11. The topological polar surface area (TPSA) is 37.3 Å². The highest BCUT2D eigenvalue weighted by molar-refractivity contribution is 6.33. The summed E-state index contributed by atoms with van der Waals surface area (Å²) >= 11 is 5.75.